The molecule has 2 atom stereocenters. The molecule has 0 spiro atoms. The van der Waals surface area contributed by atoms with Gasteiger partial charge in [0.2, 0.25) is 5.95 Å². The number of ether oxygens (including phenoxy) is 2. The Morgan fingerprint density at radius 3 is 2.69 bits per heavy atom. The summed E-state index contributed by atoms with van der Waals surface area (Å²) in [5.74, 6) is 0.0120. The average molecular weight is 479 g/mol. The Morgan fingerprint density at radius 2 is 2.03 bits per heavy atom. The van der Waals surface area contributed by atoms with E-state index in [1.165, 1.54) is 18.5 Å². The van der Waals surface area contributed by atoms with Crippen molar-refractivity contribution in [2.75, 3.05) is 26.2 Å². The van der Waals surface area contributed by atoms with E-state index in [1.807, 2.05) is 31.7 Å². The molecule has 0 saturated carbocycles. The maximum Gasteiger partial charge on any atom is 0.410 e. The molecule has 0 radical (unpaired) electrons. The molecule has 10 heteroatoms. The highest BCUT2D eigenvalue weighted by atomic mass is 19.1. The molecule has 2 unspecified atom stereocenters. The summed E-state index contributed by atoms with van der Waals surface area (Å²) in [5.41, 5.74) is 1.89. The summed E-state index contributed by atoms with van der Waals surface area (Å²) in [6, 6.07) is 7.21. The molecule has 2 bridgehead atoms. The topological polar surface area (TPSA) is 96.0 Å². The van der Waals surface area contributed by atoms with Gasteiger partial charge in [-0.3, -0.25) is 9.80 Å². The van der Waals surface area contributed by atoms with Crippen molar-refractivity contribution in [3.63, 3.8) is 0 Å². The fourth-order valence-corrected chi connectivity index (χ4v) is 4.80. The Bertz CT molecular complexity index is 1280. The molecule has 9 nitrogen and oxygen atoms in total. The van der Waals surface area contributed by atoms with Crippen LogP contribution in [0.15, 0.2) is 36.8 Å². The summed E-state index contributed by atoms with van der Waals surface area (Å²) >= 11 is 0. The molecule has 35 heavy (non-hydrogen) atoms. The van der Waals surface area contributed by atoms with Crippen LogP contribution < -0.4 is 4.74 Å². The van der Waals surface area contributed by atoms with Gasteiger partial charge >= 0.3 is 6.09 Å². The van der Waals surface area contributed by atoms with Crippen molar-refractivity contribution in [2.45, 2.75) is 44.9 Å². The minimum Gasteiger partial charge on any atom is -0.491 e. The van der Waals surface area contributed by atoms with Gasteiger partial charge < -0.3 is 9.47 Å². The number of hydrogen-bond acceptors (Lipinski definition) is 7. The van der Waals surface area contributed by atoms with E-state index < -0.39 is 11.5 Å². The molecule has 3 fully saturated rings. The number of piperazine rings is 1. The van der Waals surface area contributed by atoms with Crippen LogP contribution in [0.5, 0.6) is 5.75 Å². The van der Waals surface area contributed by atoms with Crippen LogP contribution in [0.3, 0.4) is 0 Å². The van der Waals surface area contributed by atoms with E-state index in [1.54, 1.807) is 16.8 Å². The zero-order chi connectivity index (χ0) is 24.7. The number of carbonyl (C=O) groups is 1. The number of nitriles is 1. The fourth-order valence-electron chi connectivity index (χ4n) is 4.80. The zero-order valence-corrected chi connectivity index (χ0v) is 19.9. The van der Waals surface area contributed by atoms with Gasteiger partial charge in [-0.2, -0.15) is 14.8 Å². The van der Waals surface area contributed by atoms with Crippen molar-refractivity contribution in [1.82, 2.24) is 24.4 Å². The van der Waals surface area contributed by atoms with Gasteiger partial charge in [0.25, 0.3) is 0 Å². The third kappa shape index (κ3) is 4.64. The number of pyridine rings is 2. The van der Waals surface area contributed by atoms with Crippen LogP contribution in [0.2, 0.25) is 0 Å². The summed E-state index contributed by atoms with van der Waals surface area (Å²) in [4.78, 5) is 20.4. The molecule has 6 heterocycles. The highest BCUT2D eigenvalue weighted by Gasteiger charge is 2.48. The van der Waals surface area contributed by atoms with Crippen LogP contribution in [0.1, 0.15) is 32.8 Å². The summed E-state index contributed by atoms with van der Waals surface area (Å²) in [6.45, 7) is 8.37. The van der Waals surface area contributed by atoms with Crippen molar-refractivity contribution in [1.29, 1.82) is 5.26 Å². The normalized spacial score (nSPS) is 19.8. The van der Waals surface area contributed by atoms with Gasteiger partial charge in [-0.25, -0.2) is 14.3 Å². The first kappa shape index (κ1) is 23.1. The largest absolute Gasteiger partial charge is 0.491 e. The number of hydrogen-bond donors (Lipinski definition) is 0. The third-order valence-corrected chi connectivity index (χ3v) is 6.29. The minimum atomic E-state index is -0.573. The number of rotatable bonds is 5. The molecule has 3 aromatic rings. The Balaban J connectivity index is 1.24. The van der Waals surface area contributed by atoms with E-state index in [2.05, 4.69) is 21.1 Å². The molecule has 3 aromatic heterocycles. The molecule has 0 aliphatic carbocycles. The second-order valence-corrected chi connectivity index (χ2v) is 9.96. The van der Waals surface area contributed by atoms with E-state index in [4.69, 9.17) is 9.47 Å². The lowest BCUT2D eigenvalue weighted by Crippen LogP contribution is -2.70. The predicted octanol–water partition coefficient (Wildman–Crippen LogP) is 3.48. The zero-order valence-electron chi connectivity index (χ0n) is 19.9. The van der Waals surface area contributed by atoms with E-state index in [9.17, 15) is 14.4 Å². The van der Waals surface area contributed by atoms with Crippen LogP contribution in [0.4, 0.5) is 9.18 Å². The summed E-state index contributed by atoms with van der Waals surface area (Å²) in [6.07, 6.45) is 5.42. The first-order chi connectivity index (χ1) is 16.7. The monoisotopic (exact) mass is 478 g/mol. The van der Waals surface area contributed by atoms with Crippen LogP contribution in [0.25, 0.3) is 16.6 Å². The van der Waals surface area contributed by atoms with Crippen molar-refractivity contribution in [3.05, 3.63) is 48.3 Å². The Morgan fingerprint density at radius 1 is 1.26 bits per heavy atom. The van der Waals surface area contributed by atoms with Crippen LogP contribution in [0, 0.1) is 17.3 Å². The predicted molar refractivity (Wildman–Crippen MR) is 125 cm³/mol. The molecule has 0 N–H and O–H groups in total. The summed E-state index contributed by atoms with van der Waals surface area (Å²) < 4.78 is 26.5. The summed E-state index contributed by atoms with van der Waals surface area (Å²) in [7, 11) is 0. The van der Waals surface area contributed by atoms with E-state index >= 15 is 0 Å². The number of nitrogens with zero attached hydrogens (tertiary/aromatic N) is 6. The van der Waals surface area contributed by atoms with Gasteiger partial charge in [-0.15, -0.1) is 0 Å². The molecule has 1 amide bonds. The van der Waals surface area contributed by atoms with Crippen LogP contribution in [-0.2, 0) is 4.74 Å². The van der Waals surface area contributed by atoms with Crippen molar-refractivity contribution < 1.29 is 18.7 Å². The van der Waals surface area contributed by atoms with Crippen molar-refractivity contribution in [3.8, 4) is 22.9 Å². The Hall–Kier alpha value is -3.71. The number of piperidine rings is 1. The number of aromatic nitrogens is 3. The highest BCUT2D eigenvalue weighted by molar-refractivity contribution is 5.84. The molecule has 182 valence electrons. The molecule has 3 saturated heterocycles. The van der Waals surface area contributed by atoms with Gasteiger partial charge in [0, 0.05) is 37.0 Å². The number of fused-ring (bicyclic) bond motifs is 3. The second kappa shape index (κ2) is 8.82. The van der Waals surface area contributed by atoms with Crippen molar-refractivity contribution >= 4 is 11.6 Å². The molecular weight excluding hydrogens is 451 g/mol. The summed E-state index contributed by atoms with van der Waals surface area (Å²) in [5, 5.41) is 13.8. The molecule has 3 aliphatic heterocycles. The standard InChI is InChI=1S/C25H27FN6O3/c1-25(2,3)35-24(33)32-18-8-19(32)14-30(13-18)6-7-34-20-9-21(16-4-5-22(26)28-11-16)23-17(10-27)12-29-31(23)15-20/h4-5,9,11-12,15,18-19H,6-8,13-14H2,1-3H3. The third-order valence-electron chi connectivity index (χ3n) is 6.29. The van der Waals surface area contributed by atoms with Gasteiger partial charge in [0.1, 0.15) is 24.0 Å². The number of amides is 1. The van der Waals surface area contributed by atoms with Gasteiger partial charge in [0.05, 0.1) is 35.6 Å². The Kier molecular flexibility index (Phi) is 5.81. The SMILES string of the molecule is CC(C)(C)OC(=O)N1C2CC1CN(CCOc1cc(-c3ccc(F)nc3)c3c(C#N)cnn3c1)C2. The fraction of sp³-hybridized carbons (Fsp3) is 0.440. The quantitative estimate of drug-likeness (QED) is 0.518. The average Bonchev–Trinajstić information content (AvgIpc) is 3.21. The van der Waals surface area contributed by atoms with E-state index in [0.717, 1.165) is 19.5 Å². The maximum atomic E-state index is 13.4. The minimum absolute atomic E-state index is 0.172. The second-order valence-electron chi connectivity index (χ2n) is 9.96. The lowest BCUT2D eigenvalue weighted by atomic mass is 9.88. The van der Waals surface area contributed by atoms with Crippen LogP contribution >= 0.6 is 0 Å². The molecule has 6 rings (SSSR count). The lowest BCUT2D eigenvalue weighted by molar-refractivity contribution is -0.0777. The maximum absolute atomic E-state index is 13.4. The molecular formula is C25H27FN6O3. The van der Waals surface area contributed by atoms with E-state index in [0.29, 0.717) is 41.1 Å². The molecule has 0 aromatic carbocycles. The Labute approximate surface area is 202 Å². The highest BCUT2D eigenvalue weighted by Crippen LogP contribution is 2.34. The van der Waals surface area contributed by atoms with Crippen LogP contribution in [-0.4, -0.2) is 74.4 Å². The van der Waals surface area contributed by atoms with Gasteiger partial charge in [0.15, 0.2) is 0 Å². The van der Waals surface area contributed by atoms with Gasteiger partial charge in [-0.1, -0.05) is 0 Å². The van der Waals surface area contributed by atoms with Gasteiger partial charge in [-0.05, 0) is 45.4 Å². The number of carbonyl (C=O) groups excluding carboxylic acids is 1. The number of halogens is 1. The smallest absolute Gasteiger partial charge is 0.410 e. The van der Waals surface area contributed by atoms with E-state index in [-0.39, 0.29) is 18.2 Å². The van der Waals surface area contributed by atoms with Crippen molar-refractivity contribution in [2.24, 2.45) is 0 Å². The molecule has 3 aliphatic rings. The first-order valence-electron chi connectivity index (χ1n) is 11.6. The first-order valence-corrected chi connectivity index (χ1v) is 11.6. The lowest BCUT2D eigenvalue weighted by Gasteiger charge is -2.55.